The van der Waals surface area contributed by atoms with Gasteiger partial charge in [0.1, 0.15) is 11.6 Å². The fourth-order valence-corrected chi connectivity index (χ4v) is 0.899. The maximum Gasteiger partial charge on any atom is 0.412 e. The Kier molecular flexibility index (Phi) is 4.05. The van der Waals surface area contributed by atoms with Gasteiger partial charge in [0.2, 0.25) is 0 Å². The Balaban J connectivity index is 2.48. The normalized spacial score (nSPS) is 11.9. The lowest BCUT2D eigenvalue weighted by Gasteiger charge is -2.11. The number of hydrogen-bond acceptors (Lipinski definition) is 3. The number of benzene rings is 1. The van der Waals surface area contributed by atoms with Crippen LogP contribution < -0.4 is 15.8 Å². The average molecular weight is 212 g/mol. The number of carbonyl (C=O) groups excluding carboxylic acids is 1. The van der Waals surface area contributed by atoms with Crippen molar-refractivity contribution in [3.05, 3.63) is 30.1 Å². The molecule has 15 heavy (non-hydrogen) atoms. The zero-order valence-corrected chi connectivity index (χ0v) is 8.37. The maximum atomic E-state index is 12.5. The third-order valence-electron chi connectivity index (χ3n) is 1.74. The average Bonchev–Trinajstić information content (AvgIpc) is 2.21. The van der Waals surface area contributed by atoms with Crippen molar-refractivity contribution in [2.45, 2.75) is 13.0 Å². The van der Waals surface area contributed by atoms with E-state index in [4.69, 9.17) is 10.5 Å². The van der Waals surface area contributed by atoms with Gasteiger partial charge in [0.05, 0.1) is 0 Å². The van der Waals surface area contributed by atoms with E-state index < -0.39 is 6.09 Å². The van der Waals surface area contributed by atoms with Crippen LogP contribution in [0, 0.1) is 5.82 Å². The van der Waals surface area contributed by atoms with E-state index in [-0.39, 0.29) is 17.6 Å². The highest BCUT2D eigenvalue weighted by atomic mass is 19.1. The number of nitrogens with two attached hydrogens (primary N) is 1. The quantitative estimate of drug-likeness (QED) is 0.792. The number of hydrogen-bond donors (Lipinski definition) is 2. The largest absolute Gasteiger partial charge is 0.412 e. The van der Waals surface area contributed by atoms with E-state index in [0.717, 1.165) is 0 Å². The standard InChI is InChI=1S/C10H13FN2O2/c1-7(6-12)13-10(14)15-9-4-2-8(11)3-5-9/h2-5,7H,6,12H2,1H3,(H,13,14). The molecular formula is C10H13FN2O2. The first-order valence-electron chi connectivity index (χ1n) is 4.56. The summed E-state index contributed by atoms with van der Waals surface area (Å²) in [4.78, 5) is 11.2. The van der Waals surface area contributed by atoms with E-state index >= 15 is 0 Å². The van der Waals surface area contributed by atoms with Crippen LogP contribution in [0.3, 0.4) is 0 Å². The fraction of sp³-hybridized carbons (Fsp3) is 0.300. The lowest BCUT2D eigenvalue weighted by Crippen LogP contribution is -2.39. The Hall–Kier alpha value is -1.62. The molecule has 0 fully saturated rings. The Labute approximate surface area is 87.2 Å². The highest BCUT2D eigenvalue weighted by Gasteiger charge is 2.07. The van der Waals surface area contributed by atoms with E-state index in [9.17, 15) is 9.18 Å². The zero-order chi connectivity index (χ0) is 11.3. The summed E-state index contributed by atoms with van der Waals surface area (Å²) in [5.74, 6) is -0.0868. The summed E-state index contributed by atoms with van der Waals surface area (Å²) >= 11 is 0. The molecule has 1 rings (SSSR count). The minimum absolute atomic E-state index is 0.155. The molecule has 0 bridgehead atoms. The summed E-state index contributed by atoms with van der Waals surface area (Å²) in [6.45, 7) is 2.09. The number of nitrogens with one attached hydrogen (secondary N) is 1. The van der Waals surface area contributed by atoms with Crippen LogP contribution in [0.2, 0.25) is 0 Å². The lowest BCUT2D eigenvalue weighted by molar-refractivity contribution is 0.197. The molecule has 0 radical (unpaired) electrons. The van der Waals surface area contributed by atoms with E-state index in [1.54, 1.807) is 6.92 Å². The summed E-state index contributed by atoms with van der Waals surface area (Å²) in [6, 6.07) is 5.03. The predicted molar refractivity (Wildman–Crippen MR) is 54.1 cm³/mol. The van der Waals surface area contributed by atoms with Crippen LogP contribution in [0.1, 0.15) is 6.92 Å². The van der Waals surface area contributed by atoms with Crippen molar-refractivity contribution >= 4 is 6.09 Å². The van der Waals surface area contributed by atoms with Crippen molar-refractivity contribution in [3.8, 4) is 5.75 Å². The number of ether oxygens (including phenoxy) is 1. The highest BCUT2D eigenvalue weighted by molar-refractivity contribution is 5.70. The van der Waals surface area contributed by atoms with Gasteiger partial charge in [-0.3, -0.25) is 0 Å². The second-order valence-electron chi connectivity index (χ2n) is 3.12. The van der Waals surface area contributed by atoms with Gasteiger partial charge >= 0.3 is 6.09 Å². The van der Waals surface area contributed by atoms with Gasteiger partial charge in [0, 0.05) is 12.6 Å². The first kappa shape index (κ1) is 11.5. The number of rotatable bonds is 3. The zero-order valence-electron chi connectivity index (χ0n) is 8.37. The molecule has 0 aliphatic rings. The minimum atomic E-state index is -0.598. The third kappa shape index (κ3) is 3.95. The summed E-state index contributed by atoms with van der Waals surface area (Å²) < 4.78 is 17.4. The summed E-state index contributed by atoms with van der Waals surface area (Å²) in [5, 5.41) is 2.51. The van der Waals surface area contributed by atoms with E-state index in [1.165, 1.54) is 24.3 Å². The molecule has 1 aromatic carbocycles. The molecule has 0 aliphatic heterocycles. The van der Waals surface area contributed by atoms with Crippen molar-refractivity contribution in [1.82, 2.24) is 5.32 Å². The topological polar surface area (TPSA) is 64.3 Å². The first-order chi connectivity index (χ1) is 7.11. The van der Waals surface area contributed by atoms with Crippen molar-refractivity contribution < 1.29 is 13.9 Å². The fourth-order valence-electron chi connectivity index (χ4n) is 0.899. The molecule has 1 atom stereocenters. The van der Waals surface area contributed by atoms with Gasteiger partial charge in [0.25, 0.3) is 0 Å². The number of carbonyl (C=O) groups is 1. The van der Waals surface area contributed by atoms with E-state index in [1.807, 2.05) is 0 Å². The monoisotopic (exact) mass is 212 g/mol. The predicted octanol–water partition coefficient (Wildman–Crippen LogP) is 1.26. The molecule has 0 saturated heterocycles. The van der Waals surface area contributed by atoms with Crippen LogP contribution in [0.15, 0.2) is 24.3 Å². The van der Waals surface area contributed by atoms with Gasteiger partial charge in [-0.25, -0.2) is 9.18 Å². The number of halogens is 1. The van der Waals surface area contributed by atoms with Crippen molar-refractivity contribution in [1.29, 1.82) is 0 Å². The molecular weight excluding hydrogens is 199 g/mol. The van der Waals surface area contributed by atoms with Crippen LogP contribution in [-0.2, 0) is 0 Å². The molecule has 0 heterocycles. The summed E-state index contributed by atoms with van der Waals surface area (Å²) in [6.07, 6.45) is -0.598. The van der Waals surface area contributed by atoms with Gasteiger partial charge in [0.15, 0.2) is 0 Å². The van der Waals surface area contributed by atoms with Gasteiger partial charge in [-0.15, -0.1) is 0 Å². The van der Waals surface area contributed by atoms with Crippen molar-refractivity contribution in [2.24, 2.45) is 5.73 Å². The Bertz CT molecular complexity index is 327. The number of amides is 1. The second-order valence-corrected chi connectivity index (χ2v) is 3.12. The summed E-state index contributed by atoms with van der Waals surface area (Å²) in [7, 11) is 0. The van der Waals surface area contributed by atoms with Gasteiger partial charge in [-0.2, -0.15) is 0 Å². The Morgan fingerprint density at radius 3 is 2.67 bits per heavy atom. The van der Waals surface area contributed by atoms with Crippen molar-refractivity contribution in [2.75, 3.05) is 6.54 Å². The van der Waals surface area contributed by atoms with Gasteiger partial charge in [-0.1, -0.05) is 0 Å². The minimum Gasteiger partial charge on any atom is -0.410 e. The first-order valence-corrected chi connectivity index (χ1v) is 4.56. The van der Waals surface area contributed by atoms with Gasteiger partial charge in [-0.05, 0) is 31.2 Å². The van der Waals surface area contributed by atoms with Crippen molar-refractivity contribution in [3.63, 3.8) is 0 Å². The van der Waals surface area contributed by atoms with Crippen LogP contribution in [0.25, 0.3) is 0 Å². The smallest absolute Gasteiger partial charge is 0.410 e. The molecule has 3 N–H and O–H groups in total. The molecule has 0 aliphatic carbocycles. The van der Waals surface area contributed by atoms with Crippen LogP contribution >= 0.6 is 0 Å². The lowest BCUT2D eigenvalue weighted by atomic mass is 10.3. The molecule has 5 heteroatoms. The molecule has 82 valence electrons. The van der Waals surface area contributed by atoms with E-state index in [2.05, 4.69) is 5.32 Å². The molecule has 4 nitrogen and oxygen atoms in total. The molecule has 1 amide bonds. The second kappa shape index (κ2) is 5.31. The molecule has 0 spiro atoms. The SMILES string of the molecule is CC(CN)NC(=O)Oc1ccc(F)cc1. The van der Waals surface area contributed by atoms with Crippen LogP contribution in [-0.4, -0.2) is 18.7 Å². The molecule has 0 saturated carbocycles. The molecule has 1 aromatic rings. The highest BCUT2D eigenvalue weighted by Crippen LogP contribution is 2.10. The maximum absolute atomic E-state index is 12.5. The van der Waals surface area contributed by atoms with E-state index in [0.29, 0.717) is 6.54 Å². The third-order valence-corrected chi connectivity index (χ3v) is 1.74. The van der Waals surface area contributed by atoms with Crippen LogP contribution in [0.5, 0.6) is 5.75 Å². The molecule has 1 unspecified atom stereocenters. The van der Waals surface area contributed by atoms with Gasteiger partial charge < -0.3 is 15.8 Å². The summed E-state index contributed by atoms with van der Waals surface area (Å²) in [5.41, 5.74) is 5.31. The Morgan fingerprint density at radius 1 is 1.53 bits per heavy atom. The molecule has 0 aromatic heterocycles. The Morgan fingerprint density at radius 2 is 2.13 bits per heavy atom. The van der Waals surface area contributed by atoms with Crippen LogP contribution in [0.4, 0.5) is 9.18 Å².